The molecule has 0 fully saturated rings. The molecule has 6 heteroatoms. The van der Waals surface area contributed by atoms with Gasteiger partial charge >= 0.3 is 0 Å². The number of aromatic nitrogens is 5. The Hall–Kier alpha value is -3.54. The van der Waals surface area contributed by atoms with E-state index < -0.39 is 0 Å². The fraction of sp³-hybridized carbons (Fsp3) is 0.143. The maximum atomic E-state index is 5.39. The van der Waals surface area contributed by atoms with E-state index in [0.717, 1.165) is 28.1 Å². The van der Waals surface area contributed by atoms with Crippen molar-refractivity contribution in [3.63, 3.8) is 0 Å². The van der Waals surface area contributed by atoms with Gasteiger partial charge in [-0.3, -0.25) is 0 Å². The van der Waals surface area contributed by atoms with E-state index in [9.17, 15) is 0 Å². The third-order valence-corrected chi connectivity index (χ3v) is 4.09. The second-order valence-corrected chi connectivity index (χ2v) is 6.20. The van der Waals surface area contributed by atoms with Gasteiger partial charge in [0, 0.05) is 31.5 Å². The minimum Gasteiger partial charge on any atom is -0.425 e. The van der Waals surface area contributed by atoms with Gasteiger partial charge in [0.25, 0.3) is 0 Å². The lowest BCUT2D eigenvalue weighted by atomic mass is 10.0. The molecule has 0 saturated carbocycles. The summed E-state index contributed by atoms with van der Waals surface area (Å²) in [7, 11) is 1.84. The molecule has 0 amide bonds. The molecule has 134 valence electrons. The molecule has 0 bridgehead atoms. The molecule has 0 aliphatic rings. The number of rotatable bonds is 5. The second-order valence-electron chi connectivity index (χ2n) is 6.20. The highest BCUT2D eigenvalue weighted by atomic mass is 16.4. The monoisotopic (exact) mass is 357 g/mol. The number of hydrogen-bond donors (Lipinski definition) is 0. The van der Waals surface area contributed by atoms with Crippen molar-refractivity contribution < 1.29 is 4.42 Å². The molecule has 2 heterocycles. The Balaban J connectivity index is 1.61. The molecule has 4 rings (SSSR count). The van der Waals surface area contributed by atoms with Crippen LogP contribution in [0.4, 0.5) is 0 Å². The van der Waals surface area contributed by atoms with Crippen molar-refractivity contribution >= 4 is 6.08 Å². The van der Waals surface area contributed by atoms with E-state index in [1.807, 2.05) is 55.6 Å². The van der Waals surface area contributed by atoms with Crippen LogP contribution in [0.25, 0.3) is 28.6 Å². The average molecular weight is 357 g/mol. The van der Waals surface area contributed by atoms with Crippen molar-refractivity contribution in [2.24, 2.45) is 7.05 Å². The Kier molecular flexibility index (Phi) is 4.61. The van der Waals surface area contributed by atoms with E-state index in [-0.39, 0.29) is 0 Å². The molecule has 4 aromatic rings. The van der Waals surface area contributed by atoms with Gasteiger partial charge in [0.1, 0.15) is 11.4 Å². The van der Waals surface area contributed by atoms with Crippen LogP contribution in [0.1, 0.15) is 17.3 Å². The molecule has 0 unspecified atom stereocenters. The first-order valence-corrected chi connectivity index (χ1v) is 8.72. The fourth-order valence-corrected chi connectivity index (χ4v) is 2.90. The van der Waals surface area contributed by atoms with Gasteiger partial charge in [-0.2, -0.15) is 15.0 Å². The summed E-state index contributed by atoms with van der Waals surface area (Å²) in [6.45, 7) is 1.79. The van der Waals surface area contributed by atoms with Crippen LogP contribution in [0, 0.1) is 6.92 Å². The molecule has 0 radical (unpaired) electrons. The highest BCUT2D eigenvalue weighted by molar-refractivity contribution is 5.78. The first-order chi connectivity index (χ1) is 13.2. The maximum absolute atomic E-state index is 5.39. The zero-order valence-electron chi connectivity index (χ0n) is 15.2. The lowest BCUT2D eigenvalue weighted by molar-refractivity contribution is 0.479. The minimum atomic E-state index is 0.580. The molecular weight excluding hydrogens is 338 g/mol. The molecule has 0 aliphatic heterocycles. The van der Waals surface area contributed by atoms with E-state index in [1.54, 1.807) is 11.7 Å². The molecule has 2 aromatic heterocycles. The van der Waals surface area contributed by atoms with Gasteiger partial charge in [0.2, 0.25) is 11.8 Å². The SMILES string of the molecule is Cc1nnc(C/C=C/c2cccc(-c3nn(C)nc3-c3ccccc3)c2)o1. The number of nitrogens with zero attached hydrogens (tertiary/aromatic N) is 5. The number of benzene rings is 2. The van der Waals surface area contributed by atoms with Crippen molar-refractivity contribution in [1.29, 1.82) is 0 Å². The van der Waals surface area contributed by atoms with Crippen LogP contribution >= 0.6 is 0 Å². The fourth-order valence-electron chi connectivity index (χ4n) is 2.90. The van der Waals surface area contributed by atoms with Crippen LogP contribution in [0.15, 0.2) is 65.1 Å². The number of aryl methyl sites for hydroxylation is 2. The summed E-state index contributed by atoms with van der Waals surface area (Å²) in [5, 5.41) is 17.0. The molecule has 0 spiro atoms. The summed E-state index contributed by atoms with van der Waals surface area (Å²) < 4.78 is 5.39. The minimum absolute atomic E-state index is 0.580. The molecular formula is C21H19N5O. The molecule has 0 saturated heterocycles. The molecule has 0 atom stereocenters. The normalized spacial score (nSPS) is 11.3. The van der Waals surface area contributed by atoms with E-state index in [4.69, 9.17) is 4.42 Å². The summed E-state index contributed by atoms with van der Waals surface area (Å²) in [5.41, 5.74) is 4.89. The van der Waals surface area contributed by atoms with Crippen LogP contribution in [0.5, 0.6) is 0 Å². The van der Waals surface area contributed by atoms with E-state index in [1.165, 1.54) is 0 Å². The van der Waals surface area contributed by atoms with Crippen LogP contribution < -0.4 is 0 Å². The topological polar surface area (TPSA) is 69.6 Å². The van der Waals surface area contributed by atoms with Crippen molar-refractivity contribution in [2.45, 2.75) is 13.3 Å². The van der Waals surface area contributed by atoms with E-state index in [0.29, 0.717) is 18.2 Å². The first kappa shape index (κ1) is 16.9. The Morgan fingerprint density at radius 3 is 2.41 bits per heavy atom. The second kappa shape index (κ2) is 7.37. The highest BCUT2D eigenvalue weighted by Gasteiger charge is 2.13. The largest absolute Gasteiger partial charge is 0.425 e. The van der Waals surface area contributed by atoms with Gasteiger partial charge in [-0.25, -0.2) is 0 Å². The molecule has 0 N–H and O–H groups in total. The lowest BCUT2D eigenvalue weighted by Gasteiger charge is -2.02. The van der Waals surface area contributed by atoms with Crippen LogP contribution in [-0.2, 0) is 13.5 Å². The Morgan fingerprint density at radius 1 is 0.926 bits per heavy atom. The first-order valence-electron chi connectivity index (χ1n) is 8.72. The highest BCUT2D eigenvalue weighted by Crippen LogP contribution is 2.29. The zero-order valence-corrected chi connectivity index (χ0v) is 15.2. The zero-order chi connectivity index (χ0) is 18.6. The van der Waals surface area contributed by atoms with Crippen LogP contribution in [0.2, 0.25) is 0 Å². The van der Waals surface area contributed by atoms with Crippen molar-refractivity contribution in [3.05, 3.63) is 78.0 Å². The van der Waals surface area contributed by atoms with Gasteiger partial charge in [-0.05, 0) is 11.6 Å². The van der Waals surface area contributed by atoms with Crippen LogP contribution in [0.3, 0.4) is 0 Å². The van der Waals surface area contributed by atoms with Gasteiger partial charge in [0.15, 0.2) is 0 Å². The van der Waals surface area contributed by atoms with Crippen molar-refractivity contribution in [1.82, 2.24) is 25.2 Å². The van der Waals surface area contributed by atoms with Gasteiger partial charge in [0.05, 0.1) is 0 Å². The van der Waals surface area contributed by atoms with Gasteiger partial charge in [-0.15, -0.1) is 10.2 Å². The van der Waals surface area contributed by atoms with Gasteiger partial charge < -0.3 is 4.42 Å². The summed E-state index contributed by atoms with van der Waals surface area (Å²) in [5.74, 6) is 1.19. The molecule has 0 aliphatic carbocycles. The summed E-state index contributed by atoms with van der Waals surface area (Å²) in [6, 6.07) is 18.3. The summed E-state index contributed by atoms with van der Waals surface area (Å²) in [4.78, 5) is 1.61. The smallest absolute Gasteiger partial charge is 0.220 e. The molecule has 27 heavy (non-hydrogen) atoms. The predicted molar refractivity (Wildman–Crippen MR) is 104 cm³/mol. The van der Waals surface area contributed by atoms with E-state index >= 15 is 0 Å². The van der Waals surface area contributed by atoms with E-state index in [2.05, 4.69) is 38.6 Å². The van der Waals surface area contributed by atoms with Gasteiger partial charge in [-0.1, -0.05) is 60.7 Å². The quantitative estimate of drug-likeness (QED) is 0.538. The standard InChI is InChI=1S/C21H19N5O/c1-15-22-23-19(27-15)13-7-9-16-8-6-12-18(14-16)21-20(24-26(2)25-21)17-10-4-3-5-11-17/h3-12,14H,13H2,1-2H3/b9-7+. The van der Waals surface area contributed by atoms with Crippen molar-refractivity contribution in [3.8, 4) is 22.5 Å². The van der Waals surface area contributed by atoms with Crippen molar-refractivity contribution in [2.75, 3.05) is 0 Å². The molecule has 2 aromatic carbocycles. The number of hydrogen-bond acceptors (Lipinski definition) is 5. The Morgan fingerprint density at radius 2 is 1.67 bits per heavy atom. The number of allylic oxidation sites excluding steroid dienone is 1. The third kappa shape index (κ3) is 3.84. The maximum Gasteiger partial charge on any atom is 0.220 e. The third-order valence-electron chi connectivity index (χ3n) is 4.09. The Bertz CT molecular complexity index is 1080. The lowest BCUT2D eigenvalue weighted by Crippen LogP contribution is -1.92. The predicted octanol–water partition coefficient (Wildman–Crippen LogP) is 4.10. The Labute approximate surface area is 157 Å². The average Bonchev–Trinajstić information content (AvgIpc) is 3.28. The molecule has 6 nitrogen and oxygen atoms in total. The summed E-state index contributed by atoms with van der Waals surface area (Å²) >= 11 is 0. The van der Waals surface area contributed by atoms with Crippen LogP contribution in [-0.4, -0.2) is 25.2 Å². The summed E-state index contributed by atoms with van der Waals surface area (Å²) in [6.07, 6.45) is 4.66.